The Balaban J connectivity index is 0.000000174. The molecule has 23 heteroatoms. The van der Waals surface area contributed by atoms with Crippen molar-refractivity contribution < 1.29 is 64.5 Å². The maximum absolute atomic E-state index is 13.2. The average molecular weight is 1230 g/mol. The number of Topliss-reactive ketones (excluding diaryl/α,β-unsaturated/α-hetero) is 3. The van der Waals surface area contributed by atoms with Crippen molar-refractivity contribution in [3.05, 3.63) is 160 Å². The molecule has 1 N–H and O–H groups in total. The molecule has 0 radical (unpaired) electrons. The van der Waals surface area contributed by atoms with Crippen molar-refractivity contribution in [2.75, 3.05) is 26.2 Å². The quantitative estimate of drug-likeness (QED) is 0.0951. The molecule has 0 saturated carbocycles. The molecule has 7 heterocycles. The van der Waals surface area contributed by atoms with Gasteiger partial charge in [0.05, 0.1) is 45.7 Å². The Bertz CT molecular complexity index is 4160. The molecule has 0 amide bonds. The molecule has 0 aliphatic carbocycles. The molecule has 5 aromatic heterocycles. The molecule has 0 spiro atoms. The average Bonchev–Trinajstić information content (AvgIpc) is 3.10. The fraction of sp³-hybridized carbons (Fsp3) is 0.348. The number of hydrogen-bond donors (Lipinski definition) is 1. The molecular weight excluding hydrogens is 1160 g/mol. The summed E-state index contributed by atoms with van der Waals surface area (Å²) in [6, 6.07) is 27.0. The van der Waals surface area contributed by atoms with E-state index in [0.29, 0.717) is 65.1 Å². The second-order valence-corrected chi connectivity index (χ2v) is 22.4. The van der Waals surface area contributed by atoms with Gasteiger partial charge in [-0.2, -0.15) is 36.5 Å². The molecule has 2 fully saturated rings. The van der Waals surface area contributed by atoms with Crippen LogP contribution in [0.1, 0.15) is 112 Å². The largest absolute Gasteiger partial charge is 0.478 e. The van der Waals surface area contributed by atoms with Crippen molar-refractivity contribution in [1.82, 2.24) is 44.3 Å². The Hall–Kier alpha value is -8.64. The molecular formula is C66H68F7N9O7. The number of fused-ring (bicyclic) bond motifs is 3. The maximum atomic E-state index is 13.2. The minimum atomic E-state index is -4.40. The number of aromatic carboxylic acids is 1. The molecule has 9 aromatic rings. The molecule has 468 valence electrons. The Kier molecular flexibility index (Phi) is 19.8. The van der Waals surface area contributed by atoms with E-state index in [1.807, 2.05) is 77.5 Å². The third-order valence-electron chi connectivity index (χ3n) is 15.3. The summed E-state index contributed by atoms with van der Waals surface area (Å²) < 4.78 is 106. The standard InChI is InChI=1S/C24H27F3N4O2.C23H25F3N4O2.C18H12FNO3.CH4/c1-13-10-31(12-22(33-13)24(25,26)27)11-17-6-7-18-19(23-14(2)29-30(5)15(23)3)9-20(16(4)32)28-21(18)8-17;1-13-9-30(12-22(32-13)23(24,25)26)10-16-5-6-17-18(19-11-29(4)28-14(19)2)8-20(15(3)31)27-21(17)7-16;1-10(21)16-9-15(11-2-5-13(19)6-3-11)14-7-4-12(18(22)23)8-17(14)20-16;/h6-9,13,22H,10-12H2,1-5H3;5-8,11,13,22H,9-10,12H2,1-4H3;2-9H,1H3,(H,22,23);1H4/t2*13-,22-;;/m11../s1. The fourth-order valence-electron chi connectivity index (χ4n) is 11.2. The van der Waals surface area contributed by atoms with E-state index in [-0.39, 0.29) is 54.9 Å². The first-order valence-electron chi connectivity index (χ1n) is 28.1. The summed E-state index contributed by atoms with van der Waals surface area (Å²) in [5.41, 5.74) is 12.0. The highest BCUT2D eigenvalue weighted by atomic mass is 19.4. The lowest BCUT2D eigenvalue weighted by Gasteiger charge is -2.37. The van der Waals surface area contributed by atoms with Crippen molar-refractivity contribution in [2.24, 2.45) is 14.1 Å². The summed E-state index contributed by atoms with van der Waals surface area (Å²) in [6.45, 7) is 14.5. The number of carbonyl (C=O) groups is 4. The minimum Gasteiger partial charge on any atom is -0.478 e. The number of carboxylic acids is 1. The lowest BCUT2D eigenvalue weighted by molar-refractivity contribution is -0.252. The van der Waals surface area contributed by atoms with Gasteiger partial charge in [0.1, 0.15) is 22.9 Å². The first-order valence-corrected chi connectivity index (χ1v) is 28.1. The second-order valence-electron chi connectivity index (χ2n) is 22.4. The van der Waals surface area contributed by atoms with E-state index in [0.717, 1.165) is 66.8 Å². The van der Waals surface area contributed by atoms with Crippen LogP contribution < -0.4 is 0 Å². The topological polar surface area (TPSA) is 188 Å². The van der Waals surface area contributed by atoms with Gasteiger partial charge in [-0.3, -0.25) is 33.5 Å². The van der Waals surface area contributed by atoms with Crippen LogP contribution in [0.3, 0.4) is 0 Å². The number of alkyl halides is 6. The highest BCUT2D eigenvalue weighted by Gasteiger charge is 2.46. The predicted molar refractivity (Wildman–Crippen MR) is 324 cm³/mol. The van der Waals surface area contributed by atoms with Crippen molar-refractivity contribution in [3.8, 4) is 33.4 Å². The Morgan fingerprint density at radius 3 is 1.43 bits per heavy atom. The lowest BCUT2D eigenvalue weighted by atomic mass is 9.97. The molecule has 2 aliphatic rings. The summed E-state index contributed by atoms with van der Waals surface area (Å²) >= 11 is 0. The number of ether oxygens (including phenoxy) is 2. The number of halogens is 7. The van der Waals surface area contributed by atoms with E-state index in [1.165, 1.54) is 45.0 Å². The van der Waals surface area contributed by atoms with E-state index in [9.17, 15) is 49.9 Å². The van der Waals surface area contributed by atoms with Gasteiger partial charge in [0, 0.05) is 113 Å². The number of carboxylic acid groups (broad SMARTS) is 1. The summed E-state index contributed by atoms with van der Waals surface area (Å²) in [6.07, 6.45) is -11.5. The number of morpholine rings is 2. The van der Waals surface area contributed by atoms with Gasteiger partial charge >= 0.3 is 18.3 Å². The van der Waals surface area contributed by atoms with Gasteiger partial charge in [0.15, 0.2) is 29.6 Å². The van der Waals surface area contributed by atoms with Crippen LogP contribution in [0.4, 0.5) is 30.7 Å². The third-order valence-corrected chi connectivity index (χ3v) is 15.3. The van der Waals surface area contributed by atoms with Crippen molar-refractivity contribution in [3.63, 3.8) is 0 Å². The fourth-order valence-corrected chi connectivity index (χ4v) is 11.2. The zero-order valence-electron chi connectivity index (χ0n) is 49.9. The molecule has 4 atom stereocenters. The first kappa shape index (κ1) is 66.3. The normalized spacial score (nSPS) is 17.4. The van der Waals surface area contributed by atoms with Crippen LogP contribution in [0.2, 0.25) is 0 Å². The van der Waals surface area contributed by atoms with Crippen molar-refractivity contribution >= 4 is 56.0 Å². The monoisotopic (exact) mass is 1230 g/mol. The number of carbonyl (C=O) groups excluding carboxylic acids is 3. The smallest absolute Gasteiger partial charge is 0.415 e. The van der Waals surface area contributed by atoms with E-state index >= 15 is 0 Å². The molecule has 11 rings (SSSR count). The Morgan fingerprint density at radius 2 is 1.00 bits per heavy atom. The van der Waals surface area contributed by atoms with Crippen LogP contribution in [-0.2, 0) is 36.7 Å². The predicted octanol–water partition coefficient (Wildman–Crippen LogP) is 13.5. The Labute approximate surface area is 509 Å². The van der Waals surface area contributed by atoms with Gasteiger partial charge in [0.2, 0.25) is 0 Å². The highest BCUT2D eigenvalue weighted by Crippen LogP contribution is 2.37. The van der Waals surface area contributed by atoms with Crippen LogP contribution in [0.25, 0.3) is 66.1 Å². The van der Waals surface area contributed by atoms with Gasteiger partial charge in [0.25, 0.3) is 0 Å². The minimum absolute atomic E-state index is 0. The highest BCUT2D eigenvalue weighted by molar-refractivity contribution is 6.05. The van der Waals surface area contributed by atoms with Gasteiger partial charge in [-0.1, -0.05) is 49.9 Å². The van der Waals surface area contributed by atoms with E-state index < -0.39 is 42.7 Å². The summed E-state index contributed by atoms with van der Waals surface area (Å²) in [5.74, 6) is -1.96. The molecule has 0 unspecified atom stereocenters. The van der Waals surface area contributed by atoms with Gasteiger partial charge in [-0.05, 0) is 123 Å². The zero-order chi connectivity index (χ0) is 63.8. The zero-order valence-corrected chi connectivity index (χ0v) is 49.9. The molecule has 2 aliphatic heterocycles. The number of ketones is 3. The summed E-state index contributed by atoms with van der Waals surface area (Å²) in [5, 5.41) is 20.4. The second kappa shape index (κ2) is 26.6. The van der Waals surface area contributed by atoms with Gasteiger partial charge < -0.3 is 14.6 Å². The molecule has 2 saturated heterocycles. The number of pyridine rings is 3. The van der Waals surface area contributed by atoms with Gasteiger partial charge in [-0.25, -0.2) is 24.1 Å². The van der Waals surface area contributed by atoms with Crippen LogP contribution in [0, 0.1) is 26.6 Å². The number of aryl methyl sites for hydroxylation is 4. The summed E-state index contributed by atoms with van der Waals surface area (Å²) in [7, 11) is 3.71. The van der Waals surface area contributed by atoms with Crippen LogP contribution in [0.5, 0.6) is 0 Å². The first-order chi connectivity index (χ1) is 41.4. The summed E-state index contributed by atoms with van der Waals surface area (Å²) in [4.78, 5) is 63.9. The molecule has 4 aromatic carbocycles. The van der Waals surface area contributed by atoms with Gasteiger partial charge in [-0.15, -0.1) is 0 Å². The Morgan fingerprint density at radius 1 is 0.562 bits per heavy atom. The SMILES string of the molecule is C.CC(=O)c1cc(-c2c(C)nn(C)c2C)c2ccc(CN3C[C@@H](C)O[C@@H](C(F)(F)F)C3)cc2n1.CC(=O)c1cc(-c2ccc(F)cc2)c2ccc(C(=O)O)cc2n1.CC(=O)c1cc(-c2cn(C)nc2C)c2ccc(CN3C[C@@H](C)O[C@@H](C(F)(F)F)C3)cc2n1. The van der Waals surface area contributed by atoms with Crippen molar-refractivity contribution in [2.45, 2.75) is 113 Å². The van der Waals surface area contributed by atoms with E-state index in [2.05, 4.69) is 25.1 Å². The van der Waals surface area contributed by atoms with Crippen LogP contribution >= 0.6 is 0 Å². The third kappa shape index (κ3) is 15.3. The van der Waals surface area contributed by atoms with Crippen molar-refractivity contribution in [1.29, 1.82) is 0 Å². The number of benzene rings is 4. The number of nitrogens with zero attached hydrogens (tertiary/aromatic N) is 9. The van der Waals surface area contributed by atoms with Crippen LogP contribution in [-0.4, -0.2) is 136 Å². The van der Waals surface area contributed by atoms with E-state index in [4.69, 9.17) is 14.6 Å². The molecule has 0 bridgehead atoms. The molecule has 16 nitrogen and oxygen atoms in total. The van der Waals surface area contributed by atoms with E-state index in [1.54, 1.807) is 69.4 Å². The van der Waals surface area contributed by atoms with Crippen LogP contribution in [0.15, 0.2) is 103 Å². The maximum Gasteiger partial charge on any atom is 0.415 e. The number of hydrogen-bond acceptors (Lipinski definition) is 13. The number of rotatable bonds is 11. The lowest BCUT2D eigenvalue weighted by Crippen LogP contribution is -2.51. The number of aromatic nitrogens is 7. The molecule has 89 heavy (non-hydrogen) atoms.